The average molecular weight is 1140 g/mol. The Balaban J connectivity index is 4.45. The molecule has 1 atom stereocenters. The van der Waals surface area contributed by atoms with Crippen molar-refractivity contribution in [1.29, 1.82) is 0 Å². The van der Waals surface area contributed by atoms with Gasteiger partial charge in [0.1, 0.15) is 13.2 Å². The first-order valence-corrected chi connectivity index (χ1v) is 34.5. The van der Waals surface area contributed by atoms with Gasteiger partial charge >= 0.3 is 17.9 Å². The fourth-order valence-corrected chi connectivity index (χ4v) is 9.51. The first-order chi connectivity index (χ1) is 40.5. The molecule has 82 heavy (non-hydrogen) atoms. The smallest absolute Gasteiger partial charge is 0.306 e. The van der Waals surface area contributed by atoms with Crippen molar-refractivity contribution in [1.82, 2.24) is 0 Å². The van der Waals surface area contributed by atoms with Crippen LogP contribution in [0, 0.1) is 0 Å². The maximum Gasteiger partial charge on any atom is 0.306 e. The fraction of sp³-hybridized carbons (Fsp3) is 0.697. The van der Waals surface area contributed by atoms with Crippen LogP contribution in [-0.2, 0) is 28.6 Å². The molecule has 0 heterocycles. The monoisotopic (exact) mass is 1140 g/mol. The second kappa shape index (κ2) is 69.3. The third kappa shape index (κ3) is 66.6. The number of ether oxygens (including phenoxy) is 3. The van der Waals surface area contributed by atoms with Crippen LogP contribution < -0.4 is 0 Å². The summed E-state index contributed by atoms with van der Waals surface area (Å²) < 4.78 is 16.9. The molecular formula is C76H128O6. The molecule has 0 spiro atoms. The van der Waals surface area contributed by atoms with Gasteiger partial charge in [-0.05, 0) is 135 Å². The molecule has 0 aromatic heterocycles. The zero-order valence-corrected chi connectivity index (χ0v) is 53.7. The van der Waals surface area contributed by atoms with Crippen LogP contribution in [0.2, 0.25) is 0 Å². The van der Waals surface area contributed by atoms with E-state index in [1.165, 1.54) is 161 Å². The third-order valence-electron chi connectivity index (χ3n) is 14.7. The molecule has 0 rings (SSSR count). The van der Waals surface area contributed by atoms with E-state index in [0.717, 1.165) is 122 Å². The molecule has 0 N–H and O–H groups in total. The van der Waals surface area contributed by atoms with E-state index >= 15 is 0 Å². The van der Waals surface area contributed by atoms with Crippen LogP contribution in [0.15, 0.2) is 122 Å². The predicted octanol–water partition coefficient (Wildman–Crippen LogP) is 23.9. The Labute approximate surface area is 507 Å². The number of carbonyl (C=O) groups is 3. The molecule has 468 valence electrons. The zero-order chi connectivity index (χ0) is 59.2. The minimum absolute atomic E-state index is 0.0950. The van der Waals surface area contributed by atoms with Gasteiger partial charge in [-0.25, -0.2) is 0 Å². The molecule has 0 aliphatic heterocycles. The van der Waals surface area contributed by atoms with Crippen molar-refractivity contribution in [2.24, 2.45) is 0 Å². The fourth-order valence-electron chi connectivity index (χ4n) is 9.51. The molecule has 6 heteroatoms. The quantitative estimate of drug-likeness (QED) is 0.0261. The highest BCUT2D eigenvalue weighted by Gasteiger charge is 2.19. The van der Waals surface area contributed by atoms with Crippen LogP contribution in [0.4, 0.5) is 0 Å². The maximum atomic E-state index is 13.0. The van der Waals surface area contributed by atoms with E-state index < -0.39 is 6.10 Å². The SMILES string of the molecule is CC/C=C\C/C=C\C/C=C\C/C=C\C/C=C\C/C=C\C/C=C\CCCCCC(=O)OCC(COC(=O)CCCCCCC/C=C\CCCCCCCCC)OC(=O)CCCCCCCCCCCCC/C=C\C/C=C\CCCCCCC. The molecule has 6 nitrogen and oxygen atoms in total. The lowest BCUT2D eigenvalue weighted by Gasteiger charge is -2.18. The molecule has 0 aromatic rings. The standard InChI is InChI=1S/C76H128O6/c1-4-7-10-13-16-19-22-25-28-31-33-35-37-38-40-41-43-45-48-51-54-57-60-63-66-69-75(78)81-72-73(71-80-74(77)68-65-62-59-56-53-50-47-30-27-24-21-18-15-12-9-6-3)82-76(79)70-67-64-61-58-55-52-49-46-44-42-39-36-34-32-29-26-23-20-17-14-11-8-5-2/h7,10,16,19,23,25-26,28,30,32-35,38,40,43,45,47,51,54,73H,4-6,8-9,11-15,17-18,20-22,24,27,29,31,36-37,39,41-42,44,46,48-50,52-53,55-72H2,1-3H3/b10-7-,19-16-,26-23-,28-25-,34-32-,35-33-,40-38-,45-43-,47-30-,54-51-. The van der Waals surface area contributed by atoms with Crippen molar-refractivity contribution >= 4 is 17.9 Å². The van der Waals surface area contributed by atoms with Gasteiger partial charge in [0.2, 0.25) is 0 Å². The molecule has 0 saturated heterocycles. The molecular weight excluding hydrogens is 1010 g/mol. The number of carbonyl (C=O) groups excluding carboxylic acids is 3. The molecule has 0 saturated carbocycles. The van der Waals surface area contributed by atoms with Gasteiger partial charge in [-0.1, -0.05) is 290 Å². The lowest BCUT2D eigenvalue weighted by atomic mass is 10.0. The zero-order valence-electron chi connectivity index (χ0n) is 53.7. The van der Waals surface area contributed by atoms with Gasteiger partial charge in [0, 0.05) is 19.3 Å². The Hall–Kier alpha value is -4.19. The Morgan fingerprint density at radius 1 is 0.256 bits per heavy atom. The summed E-state index contributed by atoms with van der Waals surface area (Å²) in [6.07, 6.45) is 96.4. The van der Waals surface area contributed by atoms with Crippen LogP contribution in [0.3, 0.4) is 0 Å². The number of allylic oxidation sites excluding steroid dienone is 20. The second-order valence-corrected chi connectivity index (χ2v) is 22.7. The van der Waals surface area contributed by atoms with Crippen molar-refractivity contribution < 1.29 is 28.6 Å². The summed E-state index contributed by atoms with van der Waals surface area (Å²) in [7, 11) is 0. The van der Waals surface area contributed by atoms with Crippen molar-refractivity contribution in [2.75, 3.05) is 13.2 Å². The third-order valence-corrected chi connectivity index (χ3v) is 14.7. The predicted molar refractivity (Wildman–Crippen MR) is 357 cm³/mol. The molecule has 0 aliphatic rings. The largest absolute Gasteiger partial charge is 0.462 e. The van der Waals surface area contributed by atoms with Gasteiger partial charge in [-0.3, -0.25) is 14.4 Å². The summed E-state index contributed by atoms with van der Waals surface area (Å²) in [4.78, 5) is 38.4. The number of esters is 3. The van der Waals surface area contributed by atoms with Gasteiger partial charge in [-0.2, -0.15) is 0 Å². The van der Waals surface area contributed by atoms with Crippen molar-refractivity contribution in [3.63, 3.8) is 0 Å². The minimum Gasteiger partial charge on any atom is -0.462 e. The lowest BCUT2D eigenvalue weighted by molar-refractivity contribution is -0.167. The summed E-state index contributed by atoms with van der Waals surface area (Å²) in [5.41, 5.74) is 0. The molecule has 0 amide bonds. The molecule has 0 aromatic carbocycles. The number of rotatable bonds is 62. The summed E-state index contributed by atoms with van der Waals surface area (Å²) >= 11 is 0. The van der Waals surface area contributed by atoms with Crippen LogP contribution in [0.1, 0.15) is 323 Å². The lowest BCUT2D eigenvalue weighted by Crippen LogP contribution is -2.30. The van der Waals surface area contributed by atoms with Crippen molar-refractivity contribution in [3.05, 3.63) is 122 Å². The minimum atomic E-state index is -0.802. The van der Waals surface area contributed by atoms with Crippen LogP contribution >= 0.6 is 0 Å². The summed E-state index contributed by atoms with van der Waals surface area (Å²) in [6, 6.07) is 0. The highest BCUT2D eigenvalue weighted by Crippen LogP contribution is 2.16. The number of hydrogen-bond acceptors (Lipinski definition) is 6. The summed E-state index contributed by atoms with van der Waals surface area (Å²) in [6.45, 7) is 6.50. The van der Waals surface area contributed by atoms with E-state index in [2.05, 4.69) is 142 Å². The Kier molecular flexibility index (Phi) is 65.8. The highest BCUT2D eigenvalue weighted by atomic mass is 16.6. The number of unbranched alkanes of at least 4 members (excludes halogenated alkanes) is 31. The van der Waals surface area contributed by atoms with E-state index in [-0.39, 0.29) is 31.1 Å². The molecule has 0 bridgehead atoms. The summed E-state index contributed by atoms with van der Waals surface area (Å²) in [5, 5.41) is 0. The van der Waals surface area contributed by atoms with Crippen LogP contribution in [0.25, 0.3) is 0 Å². The normalized spacial score (nSPS) is 12.9. The number of hydrogen-bond donors (Lipinski definition) is 0. The second-order valence-electron chi connectivity index (χ2n) is 22.7. The topological polar surface area (TPSA) is 78.9 Å². The van der Waals surface area contributed by atoms with E-state index in [1.807, 2.05) is 0 Å². The van der Waals surface area contributed by atoms with E-state index in [1.54, 1.807) is 0 Å². The van der Waals surface area contributed by atoms with E-state index in [0.29, 0.717) is 19.3 Å². The average Bonchev–Trinajstić information content (AvgIpc) is 3.47. The Bertz CT molecular complexity index is 1690. The van der Waals surface area contributed by atoms with Gasteiger partial charge in [0.15, 0.2) is 6.10 Å². The molecule has 0 radical (unpaired) electrons. The highest BCUT2D eigenvalue weighted by molar-refractivity contribution is 5.71. The van der Waals surface area contributed by atoms with E-state index in [9.17, 15) is 14.4 Å². The molecule has 0 aliphatic carbocycles. The first kappa shape index (κ1) is 77.8. The maximum absolute atomic E-state index is 13.0. The Morgan fingerprint density at radius 2 is 0.476 bits per heavy atom. The van der Waals surface area contributed by atoms with E-state index in [4.69, 9.17) is 14.2 Å². The van der Waals surface area contributed by atoms with Gasteiger partial charge in [-0.15, -0.1) is 0 Å². The van der Waals surface area contributed by atoms with Gasteiger partial charge < -0.3 is 14.2 Å². The van der Waals surface area contributed by atoms with Crippen molar-refractivity contribution in [3.8, 4) is 0 Å². The first-order valence-electron chi connectivity index (χ1n) is 34.5. The Morgan fingerprint density at radius 3 is 0.768 bits per heavy atom. The van der Waals surface area contributed by atoms with Crippen molar-refractivity contribution in [2.45, 2.75) is 329 Å². The van der Waals surface area contributed by atoms with Gasteiger partial charge in [0.05, 0.1) is 0 Å². The van der Waals surface area contributed by atoms with Crippen LogP contribution in [0.5, 0.6) is 0 Å². The van der Waals surface area contributed by atoms with Crippen LogP contribution in [-0.4, -0.2) is 37.2 Å². The van der Waals surface area contributed by atoms with Gasteiger partial charge in [0.25, 0.3) is 0 Å². The summed E-state index contributed by atoms with van der Waals surface area (Å²) in [5.74, 6) is -0.929. The molecule has 1 unspecified atom stereocenters. The molecule has 0 fully saturated rings.